The highest BCUT2D eigenvalue weighted by Gasteiger charge is 2.30. The Labute approximate surface area is 95.3 Å². The summed E-state index contributed by atoms with van der Waals surface area (Å²) in [7, 11) is 0. The maximum Gasteiger partial charge on any atom is 0.135 e. The topological polar surface area (TPSA) is 75.3 Å². The van der Waals surface area contributed by atoms with Crippen LogP contribution < -0.4 is 5.73 Å². The van der Waals surface area contributed by atoms with Gasteiger partial charge in [-0.25, -0.2) is 0 Å². The molecule has 0 saturated carbocycles. The van der Waals surface area contributed by atoms with Crippen molar-refractivity contribution < 1.29 is 5.11 Å². The minimum Gasteiger partial charge on any atom is -0.374 e. The molecule has 16 heavy (non-hydrogen) atoms. The van der Waals surface area contributed by atoms with Crippen LogP contribution in [0.1, 0.15) is 31.6 Å². The Hall–Kier alpha value is -1.04. The van der Waals surface area contributed by atoms with Crippen LogP contribution in [0.3, 0.4) is 0 Å². The van der Waals surface area contributed by atoms with Crippen LogP contribution in [0.5, 0.6) is 0 Å². The molecular formula is C11H18N4O. The van der Waals surface area contributed by atoms with E-state index in [0.29, 0.717) is 6.54 Å². The van der Waals surface area contributed by atoms with Gasteiger partial charge in [0.05, 0.1) is 6.20 Å². The van der Waals surface area contributed by atoms with E-state index in [2.05, 4.69) is 10.2 Å². The van der Waals surface area contributed by atoms with Crippen LogP contribution in [0.4, 0.5) is 0 Å². The lowest BCUT2D eigenvalue weighted by molar-refractivity contribution is -0.0273. The number of piperidine rings is 1. The molecule has 2 heterocycles. The molecule has 0 bridgehead atoms. The summed E-state index contributed by atoms with van der Waals surface area (Å²) in [5, 5.41) is 17.6. The monoisotopic (exact) mass is 222 g/mol. The van der Waals surface area contributed by atoms with Crippen molar-refractivity contribution in [2.75, 3.05) is 13.1 Å². The maximum atomic E-state index is 10.2. The fourth-order valence-corrected chi connectivity index (χ4v) is 2.18. The average Bonchev–Trinajstić information content (AvgIpc) is 2.28. The lowest BCUT2D eigenvalue weighted by Gasteiger charge is -2.40. The number of nitrogens with two attached hydrogens (primary N) is 1. The molecule has 0 aliphatic carbocycles. The summed E-state index contributed by atoms with van der Waals surface area (Å²) in [4.78, 5) is 1.99. The first-order chi connectivity index (χ1) is 7.58. The molecule has 1 saturated heterocycles. The second kappa shape index (κ2) is 4.45. The van der Waals surface area contributed by atoms with Crippen LogP contribution >= 0.6 is 0 Å². The van der Waals surface area contributed by atoms with Gasteiger partial charge in [0.1, 0.15) is 6.23 Å². The molecule has 2 unspecified atom stereocenters. The van der Waals surface area contributed by atoms with E-state index in [9.17, 15) is 5.11 Å². The second-order valence-corrected chi connectivity index (χ2v) is 4.78. The summed E-state index contributed by atoms with van der Waals surface area (Å²) < 4.78 is 0. The molecule has 0 amide bonds. The van der Waals surface area contributed by atoms with E-state index in [1.54, 1.807) is 18.5 Å². The minimum absolute atomic E-state index is 0.209. The largest absolute Gasteiger partial charge is 0.374 e. The van der Waals surface area contributed by atoms with Crippen LogP contribution in [-0.2, 0) is 0 Å². The molecule has 88 valence electrons. The highest BCUT2D eigenvalue weighted by Crippen LogP contribution is 2.25. The molecule has 0 radical (unpaired) electrons. The van der Waals surface area contributed by atoms with E-state index in [1.165, 1.54) is 0 Å². The zero-order chi connectivity index (χ0) is 11.6. The van der Waals surface area contributed by atoms with E-state index in [-0.39, 0.29) is 5.54 Å². The first kappa shape index (κ1) is 11.4. The van der Waals surface area contributed by atoms with E-state index in [4.69, 9.17) is 5.73 Å². The minimum atomic E-state index is -0.626. The maximum absolute atomic E-state index is 10.2. The van der Waals surface area contributed by atoms with Crippen molar-refractivity contribution >= 4 is 0 Å². The molecule has 5 heteroatoms. The van der Waals surface area contributed by atoms with Gasteiger partial charge in [-0.05, 0) is 25.8 Å². The lowest BCUT2D eigenvalue weighted by Crippen LogP contribution is -2.52. The quantitative estimate of drug-likeness (QED) is 0.751. The second-order valence-electron chi connectivity index (χ2n) is 4.78. The Balaban J connectivity index is 2.08. The first-order valence-corrected chi connectivity index (χ1v) is 5.56. The van der Waals surface area contributed by atoms with Gasteiger partial charge in [-0.2, -0.15) is 10.2 Å². The Bertz CT molecular complexity index is 341. The van der Waals surface area contributed by atoms with Crippen molar-refractivity contribution in [3.05, 3.63) is 24.0 Å². The van der Waals surface area contributed by atoms with Crippen LogP contribution in [0.25, 0.3) is 0 Å². The number of likely N-dealkylation sites (tertiary alicyclic amines) is 1. The van der Waals surface area contributed by atoms with E-state index < -0.39 is 6.23 Å². The van der Waals surface area contributed by atoms with Crippen LogP contribution in [0.15, 0.2) is 18.5 Å². The van der Waals surface area contributed by atoms with E-state index in [1.807, 2.05) is 11.8 Å². The zero-order valence-electron chi connectivity index (χ0n) is 9.50. The number of hydrogen-bond acceptors (Lipinski definition) is 5. The molecule has 1 aromatic heterocycles. The summed E-state index contributed by atoms with van der Waals surface area (Å²) in [6.45, 7) is 3.60. The molecule has 1 aliphatic heterocycles. The smallest absolute Gasteiger partial charge is 0.135 e. The lowest BCUT2D eigenvalue weighted by atomic mass is 9.92. The fraction of sp³-hybridized carbons (Fsp3) is 0.636. The van der Waals surface area contributed by atoms with Gasteiger partial charge in [-0.3, -0.25) is 4.90 Å². The fourth-order valence-electron chi connectivity index (χ4n) is 2.18. The predicted molar refractivity (Wildman–Crippen MR) is 60.4 cm³/mol. The molecule has 0 spiro atoms. The number of hydrogen-bond donors (Lipinski definition) is 2. The molecule has 0 aromatic carbocycles. The molecule has 1 aliphatic rings. The number of aliphatic hydroxyl groups excluding tert-OH is 1. The highest BCUT2D eigenvalue weighted by molar-refractivity contribution is 5.09. The molecule has 5 nitrogen and oxygen atoms in total. The van der Waals surface area contributed by atoms with E-state index >= 15 is 0 Å². The third kappa shape index (κ3) is 2.55. The van der Waals surface area contributed by atoms with Crippen molar-refractivity contribution in [2.24, 2.45) is 5.73 Å². The van der Waals surface area contributed by atoms with Crippen LogP contribution in [0.2, 0.25) is 0 Å². The summed E-state index contributed by atoms with van der Waals surface area (Å²) in [5.74, 6) is 0. The van der Waals surface area contributed by atoms with Crippen molar-refractivity contribution in [3.63, 3.8) is 0 Å². The summed E-state index contributed by atoms with van der Waals surface area (Å²) >= 11 is 0. The molecule has 1 aromatic rings. The molecular weight excluding hydrogens is 204 g/mol. The SMILES string of the molecule is CC1(N)CCCN(C(O)c2ccnnc2)C1. The third-order valence-corrected chi connectivity index (χ3v) is 3.01. The number of aromatic nitrogens is 2. The number of rotatable bonds is 2. The van der Waals surface area contributed by atoms with E-state index in [0.717, 1.165) is 24.9 Å². The predicted octanol–water partition coefficient (Wildman–Crippen LogP) is 0.281. The van der Waals surface area contributed by atoms with Gasteiger partial charge in [-0.15, -0.1) is 0 Å². The van der Waals surface area contributed by atoms with Crippen LogP contribution in [0, 0.1) is 0 Å². The molecule has 2 rings (SSSR count). The van der Waals surface area contributed by atoms with Gasteiger partial charge in [0.2, 0.25) is 0 Å². The van der Waals surface area contributed by atoms with Crippen molar-refractivity contribution in [2.45, 2.75) is 31.5 Å². The van der Waals surface area contributed by atoms with Gasteiger partial charge < -0.3 is 10.8 Å². The van der Waals surface area contributed by atoms with Gasteiger partial charge in [0.15, 0.2) is 0 Å². The van der Waals surface area contributed by atoms with Gasteiger partial charge >= 0.3 is 0 Å². The highest BCUT2D eigenvalue weighted by atomic mass is 16.3. The third-order valence-electron chi connectivity index (χ3n) is 3.01. The first-order valence-electron chi connectivity index (χ1n) is 5.56. The Morgan fingerprint density at radius 2 is 2.38 bits per heavy atom. The van der Waals surface area contributed by atoms with Crippen molar-refractivity contribution in [1.29, 1.82) is 0 Å². The summed E-state index contributed by atoms with van der Waals surface area (Å²) in [5.41, 5.74) is 6.67. The number of aliphatic hydroxyl groups is 1. The molecule has 2 atom stereocenters. The Kier molecular flexibility index (Phi) is 3.18. The normalized spacial score (nSPS) is 28.9. The van der Waals surface area contributed by atoms with Crippen LogP contribution in [-0.4, -0.2) is 38.8 Å². The van der Waals surface area contributed by atoms with Gasteiger partial charge in [0, 0.05) is 30.4 Å². The van der Waals surface area contributed by atoms with Gasteiger partial charge in [0.25, 0.3) is 0 Å². The van der Waals surface area contributed by atoms with Gasteiger partial charge in [-0.1, -0.05) is 0 Å². The number of nitrogens with zero attached hydrogens (tertiary/aromatic N) is 3. The summed E-state index contributed by atoms with van der Waals surface area (Å²) in [6.07, 6.45) is 4.57. The standard InChI is InChI=1S/C11H18N4O/c1-11(12)4-2-6-15(8-11)10(16)9-3-5-13-14-7-9/h3,5,7,10,16H,2,4,6,8,12H2,1H3. The van der Waals surface area contributed by atoms with Crippen molar-refractivity contribution in [1.82, 2.24) is 15.1 Å². The molecule has 1 fully saturated rings. The Morgan fingerprint density at radius 1 is 1.56 bits per heavy atom. The Morgan fingerprint density at radius 3 is 3.00 bits per heavy atom. The zero-order valence-corrected chi connectivity index (χ0v) is 9.50. The average molecular weight is 222 g/mol. The summed E-state index contributed by atoms with van der Waals surface area (Å²) in [6, 6.07) is 1.78. The van der Waals surface area contributed by atoms with Crippen molar-refractivity contribution in [3.8, 4) is 0 Å². The molecule has 3 N–H and O–H groups in total.